The number of amides is 1. The predicted octanol–water partition coefficient (Wildman–Crippen LogP) is 1.51. The second kappa shape index (κ2) is 5.24. The van der Waals surface area contributed by atoms with Crippen LogP contribution in [0.4, 0.5) is 11.4 Å². The number of carbonyl (C=O) groups is 1. The first kappa shape index (κ1) is 13.7. The summed E-state index contributed by atoms with van der Waals surface area (Å²) in [5.41, 5.74) is 2.64. The number of piperidine rings is 1. The molecular formula is C14H18ClN3O2. The Morgan fingerprint density at radius 3 is 2.75 bits per heavy atom. The number of carbonyl (C=O) groups excluding carboxylic acids is 1. The van der Waals surface area contributed by atoms with E-state index in [4.69, 9.17) is 11.6 Å². The van der Waals surface area contributed by atoms with Gasteiger partial charge >= 0.3 is 0 Å². The maximum Gasteiger partial charge on any atom is 0.246 e. The largest absolute Gasteiger partial charge is 0.393 e. The molecule has 5 nitrogen and oxygen atoms in total. The molecular weight excluding hydrogens is 278 g/mol. The van der Waals surface area contributed by atoms with Gasteiger partial charge in [-0.1, -0.05) is 11.6 Å². The second-order valence-corrected chi connectivity index (χ2v) is 5.73. The van der Waals surface area contributed by atoms with Crippen LogP contribution >= 0.6 is 11.6 Å². The molecule has 2 aliphatic heterocycles. The van der Waals surface area contributed by atoms with E-state index in [0.29, 0.717) is 5.02 Å². The van der Waals surface area contributed by atoms with Gasteiger partial charge in [-0.25, -0.2) is 0 Å². The SMILES string of the molecule is CNC1C(=O)Nc2cc(N3CCC(O)CC3)c(Cl)cc21. The molecule has 1 aromatic carbocycles. The third-order valence-electron chi connectivity index (χ3n) is 4.04. The van der Waals surface area contributed by atoms with Crippen molar-refractivity contribution in [1.82, 2.24) is 5.32 Å². The van der Waals surface area contributed by atoms with Crippen molar-refractivity contribution in [3.63, 3.8) is 0 Å². The number of hydrogen-bond acceptors (Lipinski definition) is 4. The van der Waals surface area contributed by atoms with Crippen LogP contribution in [-0.2, 0) is 4.79 Å². The van der Waals surface area contributed by atoms with E-state index in [2.05, 4.69) is 15.5 Å². The summed E-state index contributed by atoms with van der Waals surface area (Å²) in [5, 5.41) is 16.1. The number of likely N-dealkylation sites (N-methyl/N-ethyl adjacent to an activating group) is 1. The Morgan fingerprint density at radius 2 is 2.10 bits per heavy atom. The zero-order valence-corrected chi connectivity index (χ0v) is 12.1. The molecule has 1 amide bonds. The highest BCUT2D eigenvalue weighted by molar-refractivity contribution is 6.33. The van der Waals surface area contributed by atoms with Crippen molar-refractivity contribution in [3.05, 3.63) is 22.7 Å². The van der Waals surface area contributed by atoms with E-state index in [1.165, 1.54) is 0 Å². The molecule has 3 rings (SSSR count). The highest BCUT2D eigenvalue weighted by atomic mass is 35.5. The minimum absolute atomic E-state index is 0.0511. The lowest BCUT2D eigenvalue weighted by atomic mass is 10.0. The summed E-state index contributed by atoms with van der Waals surface area (Å²) in [6.07, 6.45) is 1.28. The summed E-state index contributed by atoms with van der Waals surface area (Å²) < 4.78 is 0. The minimum atomic E-state index is -0.334. The fourth-order valence-electron chi connectivity index (χ4n) is 2.91. The van der Waals surface area contributed by atoms with Crippen molar-refractivity contribution in [1.29, 1.82) is 0 Å². The topological polar surface area (TPSA) is 64.6 Å². The smallest absolute Gasteiger partial charge is 0.246 e. The average molecular weight is 296 g/mol. The molecule has 0 bridgehead atoms. The number of nitrogens with one attached hydrogen (secondary N) is 2. The van der Waals surface area contributed by atoms with Crippen molar-refractivity contribution >= 4 is 28.9 Å². The fourth-order valence-corrected chi connectivity index (χ4v) is 3.20. The number of benzene rings is 1. The quantitative estimate of drug-likeness (QED) is 0.774. The van der Waals surface area contributed by atoms with Gasteiger partial charge in [0.15, 0.2) is 0 Å². The van der Waals surface area contributed by atoms with Crippen LogP contribution in [0.25, 0.3) is 0 Å². The normalized spacial score (nSPS) is 22.9. The van der Waals surface area contributed by atoms with Crippen LogP contribution < -0.4 is 15.5 Å². The van der Waals surface area contributed by atoms with Crippen molar-refractivity contribution in [3.8, 4) is 0 Å². The Morgan fingerprint density at radius 1 is 1.40 bits per heavy atom. The number of fused-ring (bicyclic) bond motifs is 1. The Balaban J connectivity index is 1.91. The van der Waals surface area contributed by atoms with Crippen molar-refractivity contribution in [2.45, 2.75) is 25.0 Å². The summed E-state index contributed by atoms with van der Waals surface area (Å²) in [6, 6.07) is 3.46. The number of rotatable bonds is 2. The molecule has 0 saturated carbocycles. The molecule has 0 spiro atoms. The number of halogens is 1. The lowest BCUT2D eigenvalue weighted by Crippen LogP contribution is -2.36. The molecule has 20 heavy (non-hydrogen) atoms. The van der Waals surface area contributed by atoms with Gasteiger partial charge in [-0.2, -0.15) is 0 Å². The van der Waals surface area contributed by atoms with E-state index in [-0.39, 0.29) is 18.1 Å². The van der Waals surface area contributed by atoms with Gasteiger partial charge in [-0.05, 0) is 32.0 Å². The third-order valence-corrected chi connectivity index (χ3v) is 4.35. The standard InChI is InChI=1S/C14H18ClN3O2/c1-16-13-9-6-10(15)12(7-11(9)17-14(13)20)18-4-2-8(19)3-5-18/h6-8,13,16,19H,2-5H2,1H3,(H,17,20). The summed E-state index contributed by atoms with van der Waals surface area (Å²) >= 11 is 6.38. The highest BCUT2D eigenvalue weighted by Crippen LogP contribution is 2.39. The van der Waals surface area contributed by atoms with Crippen LogP contribution in [0, 0.1) is 0 Å². The monoisotopic (exact) mass is 295 g/mol. The predicted molar refractivity (Wildman–Crippen MR) is 79.3 cm³/mol. The average Bonchev–Trinajstić information content (AvgIpc) is 2.73. The fraction of sp³-hybridized carbons (Fsp3) is 0.500. The zero-order valence-electron chi connectivity index (χ0n) is 11.3. The van der Waals surface area contributed by atoms with E-state index < -0.39 is 0 Å². The molecule has 1 atom stereocenters. The molecule has 6 heteroatoms. The number of aliphatic hydroxyl groups excluding tert-OH is 1. The summed E-state index contributed by atoms with van der Waals surface area (Å²) in [5.74, 6) is -0.0511. The first-order valence-electron chi connectivity index (χ1n) is 6.84. The number of anilines is 2. The molecule has 3 N–H and O–H groups in total. The molecule has 0 aliphatic carbocycles. The molecule has 0 radical (unpaired) electrons. The van der Waals surface area contributed by atoms with Gasteiger partial charge in [0.05, 0.1) is 16.8 Å². The number of hydrogen-bond donors (Lipinski definition) is 3. The first-order chi connectivity index (χ1) is 9.60. The maximum absolute atomic E-state index is 11.8. The van der Waals surface area contributed by atoms with Gasteiger partial charge < -0.3 is 20.6 Å². The zero-order chi connectivity index (χ0) is 14.3. The Kier molecular flexibility index (Phi) is 3.58. The summed E-state index contributed by atoms with van der Waals surface area (Å²) in [7, 11) is 1.76. The Bertz CT molecular complexity index is 541. The van der Waals surface area contributed by atoms with Crippen LogP contribution in [0.1, 0.15) is 24.4 Å². The highest BCUT2D eigenvalue weighted by Gasteiger charge is 2.31. The molecule has 1 aromatic rings. The molecule has 108 valence electrons. The van der Waals surface area contributed by atoms with Crippen molar-refractivity contribution in [2.75, 3.05) is 30.4 Å². The van der Waals surface area contributed by atoms with Gasteiger partial charge in [-0.15, -0.1) is 0 Å². The van der Waals surface area contributed by atoms with Crippen LogP contribution in [-0.4, -0.2) is 37.3 Å². The van der Waals surface area contributed by atoms with E-state index in [1.54, 1.807) is 7.05 Å². The second-order valence-electron chi connectivity index (χ2n) is 5.32. The van der Waals surface area contributed by atoms with Crippen LogP contribution in [0.5, 0.6) is 0 Å². The van der Waals surface area contributed by atoms with Gasteiger partial charge in [0.2, 0.25) is 5.91 Å². The minimum Gasteiger partial charge on any atom is -0.393 e. The maximum atomic E-state index is 11.8. The Labute approximate surface area is 122 Å². The van der Waals surface area contributed by atoms with E-state index in [9.17, 15) is 9.90 Å². The van der Waals surface area contributed by atoms with Crippen LogP contribution in [0.3, 0.4) is 0 Å². The van der Waals surface area contributed by atoms with Crippen LogP contribution in [0.2, 0.25) is 5.02 Å². The van der Waals surface area contributed by atoms with Gasteiger partial charge in [-0.3, -0.25) is 4.79 Å². The van der Waals surface area contributed by atoms with Gasteiger partial charge in [0, 0.05) is 24.3 Å². The lowest BCUT2D eigenvalue weighted by molar-refractivity contribution is -0.117. The third kappa shape index (κ3) is 2.26. The molecule has 1 unspecified atom stereocenters. The number of nitrogens with zero attached hydrogens (tertiary/aromatic N) is 1. The molecule has 1 fully saturated rings. The molecule has 2 aliphatic rings. The molecule has 1 saturated heterocycles. The number of aliphatic hydroxyl groups is 1. The van der Waals surface area contributed by atoms with Crippen LogP contribution in [0.15, 0.2) is 12.1 Å². The van der Waals surface area contributed by atoms with E-state index >= 15 is 0 Å². The molecule has 2 heterocycles. The first-order valence-corrected chi connectivity index (χ1v) is 7.22. The lowest BCUT2D eigenvalue weighted by Gasteiger charge is -2.32. The van der Waals surface area contributed by atoms with Gasteiger partial charge in [0.1, 0.15) is 6.04 Å². The molecule has 0 aromatic heterocycles. The Hall–Kier alpha value is -1.30. The van der Waals surface area contributed by atoms with Gasteiger partial charge in [0.25, 0.3) is 0 Å². The van der Waals surface area contributed by atoms with Crippen molar-refractivity contribution in [2.24, 2.45) is 0 Å². The summed E-state index contributed by atoms with van der Waals surface area (Å²) in [4.78, 5) is 14.0. The summed E-state index contributed by atoms with van der Waals surface area (Å²) in [6.45, 7) is 1.56. The van der Waals surface area contributed by atoms with E-state index in [0.717, 1.165) is 42.9 Å². The van der Waals surface area contributed by atoms with Crippen molar-refractivity contribution < 1.29 is 9.90 Å². The van der Waals surface area contributed by atoms with E-state index in [1.807, 2.05) is 12.1 Å².